The molecule has 0 amide bonds. The molecule has 0 aliphatic rings. The van der Waals surface area contributed by atoms with E-state index in [0.717, 1.165) is 48.3 Å². The van der Waals surface area contributed by atoms with Gasteiger partial charge in [0.2, 0.25) is 0 Å². The Kier molecular flexibility index (Phi) is 12.7. The highest BCUT2D eigenvalue weighted by Crippen LogP contribution is 2.65. The van der Waals surface area contributed by atoms with Gasteiger partial charge in [0.05, 0.1) is 0 Å². The molecule has 18 heteroatoms. The van der Waals surface area contributed by atoms with Crippen LogP contribution in [0.4, 0.5) is 74.6 Å². The molecule has 0 spiro atoms. The molecule has 0 fully saturated rings. The third-order valence-electron chi connectivity index (χ3n) is 6.17. The monoisotopic (exact) mass is 728 g/mol. The number of halogens is 18. The van der Waals surface area contributed by atoms with E-state index in [-0.39, 0.29) is 12.8 Å². The minimum Gasteiger partial charge on any atom is -0.199 e. The zero-order chi connectivity index (χ0) is 31.5. The van der Waals surface area contributed by atoms with Crippen molar-refractivity contribution in [2.24, 2.45) is 5.92 Å². The molecule has 0 saturated heterocycles. The van der Waals surface area contributed by atoms with Gasteiger partial charge in [0.15, 0.2) is 0 Å². The summed E-state index contributed by atoms with van der Waals surface area (Å²) in [6.07, 6.45) is -4.92. The quantitative estimate of drug-likeness (QED) is 0.0606. The van der Waals surface area contributed by atoms with Gasteiger partial charge in [-0.15, -0.1) is 0 Å². The Morgan fingerprint density at radius 1 is 0.462 bits per heavy atom. The average Bonchev–Trinajstić information content (AvgIpc) is 2.77. The molecule has 0 radical (unpaired) electrons. The summed E-state index contributed by atoms with van der Waals surface area (Å²) < 4.78 is 228. The molecule has 0 aliphatic heterocycles. The Morgan fingerprint density at radius 2 is 0.795 bits per heavy atom. The van der Waals surface area contributed by atoms with E-state index >= 15 is 0 Å². The second-order valence-corrected chi connectivity index (χ2v) is 10.6. The van der Waals surface area contributed by atoms with Crippen molar-refractivity contribution in [1.29, 1.82) is 0 Å². The molecule has 0 aromatic carbocycles. The van der Waals surface area contributed by atoms with Crippen molar-refractivity contribution < 1.29 is 74.6 Å². The first-order chi connectivity index (χ1) is 17.2. The Labute approximate surface area is 226 Å². The van der Waals surface area contributed by atoms with Crippen LogP contribution in [-0.4, -0.2) is 51.6 Å². The molecule has 2 atom stereocenters. The zero-order valence-electron chi connectivity index (χ0n) is 20.3. The van der Waals surface area contributed by atoms with Crippen LogP contribution < -0.4 is 0 Å². The third-order valence-corrected chi connectivity index (χ3v) is 7.66. The maximum atomic E-state index is 14.6. The van der Waals surface area contributed by atoms with Crippen molar-refractivity contribution in [2.45, 2.75) is 123 Å². The van der Waals surface area contributed by atoms with Gasteiger partial charge in [0.25, 0.3) is 0 Å². The van der Waals surface area contributed by atoms with E-state index in [9.17, 15) is 74.6 Å². The summed E-state index contributed by atoms with van der Waals surface area (Å²) in [7, 11) is 0. The van der Waals surface area contributed by atoms with E-state index in [1.165, 1.54) is 0 Å². The van der Waals surface area contributed by atoms with Crippen LogP contribution in [0.15, 0.2) is 0 Å². The summed E-state index contributed by atoms with van der Waals surface area (Å²) in [6.45, 7) is 2.64. The van der Waals surface area contributed by atoms with E-state index in [0.29, 0.717) is 19.8 Å². The molecule has 0 aromatic heterocycles. The summed E-state index contributed by atoms with van der Waals surface area (Å²) in [4.78, 5) is 0. The lowest BCUT2D eigenvalue weighted by Crippen LogP contribution is -2.75. The van der Waals surface area contributed by atoms with Crippen molar-refractivity contribution in [3.8, 4) is 0 Å². The molecule has 0 rings (SSSR count). The van der Waals surface area contributed by atoms with Crippen molar-refractivity contribution in [3.63, 3.8) is 0 Å². The van der Waals surface area contributed by atoms with Gasteiger partial charge in [-0.05, 0) is 12.8 Å². The largest absolute Gasteiger partial charge is 0.460 e. The number of unbranched alkanes of at least 4 members (excludes halogenated alkanes) is 6. The molecule has 0 saturated carbocycles. The highest BCUT2D eigenvalue weighted by molar-refractivity contribution is 14.1. The Bertz CT molecular complexity index is 760. The molecule has 0 heterocycles. The fraction of sp³-hybridized carbons (Fsp3) is 1.00. The minimum atomic E-state index is -8.59. The highest BCUT2D eigenvalue weighted by Gasteiger charge is 2.95. The molecular weight excluding hydrogens is 702 g/mol. The second kappa shape index (κ2) is 12.8. The molecular formula is C21H26F17I. The second-order valence-electron chi connectivity index (χ2n) is 9.01. The third kappa shape index (κ3) is 6.79. The summed E-state index contributed by atoms with van der Waals surface area (Å²) in [5.41, 5.74) is 0. The molecule has 0 N–H and O–H groups in total. The van der Waals surface area contributed by atoms with Crippen LogP contribution in [0.1, 0.15) is 71.6 Å². The van der Waals surface area contributed by atoms with Gasteiger partial charge >= 0.3 is 47.6 Å². The maximum absolute atomic E-state index is 14.6. The lowest BCUT2D eigenvalue weighted by atomic mass is 9.82. The first kappa shape index (κ1) is 38.5. The van der Waals surface area contributed by atoms with Gasteiger partial charge in [-0.2, -0.15) is 74.6 Å². The summed E-state index contributed by atoms with van der Waals surface area (Å²) >= 11 is 1.10. The predicted molar refractivity (Wildman–Crippen MR) is 115 cm³/mol. The number of hydrogen-bond acceptors (Lipinski definition) is 0. The van der Waals surface area contributed by atoms with Crippen LogP contribution in [0.2, 0.25) is 0 Å². The number of hydrogen-bond donors (Lipinski definition) is 0. The van der Waals surface area contributed by atoms with E-state index in [2.05, 4.69) is 0 Å². The lowest BCUT2D eigenvalue weighted by Gasteiger charge is -2.44. The van der Waals surface area contributed by atoms with E-state index in [4.69, 9.17) is 0 Å². The van der Waals surface area contributed by atoms with Crippen molar-refractivity contribution in [2.75, 3.05) is 0 Å². The molecule has 39 heavy (non-hydrogen) atoms. The predicted octanol–water partition coefficient (Wildman–Crippen LogP) is 11.0. The van der Waals surface area contributed by atoms with Crippen molar-refractivity contribution >= 4 is 22.6 Å². The molecule has 0 nitrogen and oxygen atoms in total. The molecule has 0 bridgehead atoms. The van der Waals surface area contributed by atoms with Crippen LogP contribution in [-0.2, 0) is 0 Å². The average molecular weight is 728 g/mol. The van der Waals surface area contributed by atoms with Crippen LogP contribution >= 0.6 is 22.6 Å². The van der Waals surface area contributed by atoms with E-state index in [1.807, 2.05) is 6.92 Å². The fourth-order valence-electron chi connectivity index (χ4n) is 3.65. The zero-order valence-corrected chi connectivity index (χ0v) is 22.5. The van der Waals surface area contributed by atoms with E-state index < -0.39 is 63.9 Å². The molecule has 0 aliphatic carbocycles. The van der Waals surface area contributed by atoms with Crippen molar-refractivity contribution in [1.82, 2.24) is 0 Å². The van der Waals surface area contributed by atoms with Gasteiger partial charge in [-0.3, -0.25) is 0 Å². The highest BCUT2D eigenvalue weighted by atomic mass is 127. The normalized spacial score (nSPS) is 16.9. The van der Waals surface area contributed by atoms with Gasteiger partial charge in [0.1, 0.15) is 0 Å². The van der Waals surface area contributed by atoms with Gasteiger partial charge in [-0.25, -0.2) is 0 Å². The SMILES string of the molecule is CCCCCCCCCC(I)C(CC)C(F)(F)C(F)(F)C(F)(F)C(F)(F)C(F)(F)C(F)(F)C(F)(F)C(F)(F)F. The maximum Gasteiger partial charge on any atom is 0.460 e. The lowest BCUT2D eigenvalue weighted by molar-refractivity contribution is -0.463. The first-order valence-corrected chi connectivity index (χ1v) is 12.8. The van der Waals surface area contributed by atoms with Gasteiger partial charge in [0, 0.05) is 9.84 Å². The summed E-state index contributed by atoms with van der Waals surface area (Å²) in [5, 5.41) is 0. The van der Waals surface area contributed by atoms with Crippen LogP contribution in [0.25, 0.3) is 0 Å². The number of rotatable bonds is 17. The van der Waals surface area contributed by atoms with Gasteiger partial charge < -0.3 is 0 Å². The van der Waals surface area contributed by atoms with Crippen LogP contribution in [0.3, 0.4) is 0 Å². The Hall–Kier alpha value is -0.460. The van der Waals surface area contributed by atoms with Crippen LogP contribution in [0, 0.1) is 5.92 Å². The molecule has 0 aromatic rings. The number of alkyl halides is 18. The smallest absolute Gasteiger partial charge is 0.199 e. The molecule has 236 valence electrons. The summed E-state index contributed by atoms with van der Waals surface area (Å²) in [6, 6.07) is 0. The minimum absolute atomic E-state index is 0.0707. The van der Waals surface area contributed by atoms with E-state index in [1.54, 1.807) is 0 Å². The van der Waals surface area contributed by atoms with Crippen molar-refractivity contribution in [3.05, 3.63) is 0 Å². The Morgan fingerprint density at radius 3 is 1.15 bits per heavy atom. The summed E-state index contributed by atoms with van der Waals surface area (Å²) in [5.74, 6) is -58.9. The first-order valence-electron chi connectivity index (χ1n) is 11.5. The Balaban J connectivity index is 6.22. The molecule has 2 unspecified atom stereocenters. The fourth-order valence-corrected chi connectivity index (χ4v) is 5.05. The topological polar surface area (TPSA) is 0 Å². The van der Waals surface area contributed by atoms with Crippen LogP contribution in [0.5, 0.6) is 0 Å². The standard InChI is InChI=1S/C21H26F17I/c1-3-5-6-7-8-9-10-11-13(39)12(4-2)14(22,23)15(24,25)16(26,27)17(28,29)18(30,31)19(32,33)20(34,35)21(36,37)38/h12-13H,3-11H2,1-2H3. The van der Waals surface area contributed by atoms with Gasteiger partial charge in [-0.1, -0.05) is 81.4 Å².